The largest absolute Gasteiger partial charge is 0.378 e. The summed E-state index contributed by atoms with van der Waals surface area (Å²) >= 11 is 8.10. The van der Waals surface area contributed by atoms with Gasteiger partial charge in [-0.1, -0.05) is 18.5 Å². The number of thioether (sulfide) groups is 1. The van der Waals surface area contributed by atoms with Crippen molar-refractivity contribution in [3.8, 4) is 0 Å². The highest BCUT2D eigenvalue weighted by Gasteiger charge is 2.29. The number of morpholine rings is 1. The molecule has 0 atom stereocenters. The van der Waals surface area contributed by atoms with Crippen molar-refractivity contribution < 1.29 is 17.9 Å². The summed E-state index contributed by atoms with van der Waals surface area (Å²) in [5.41, 5.74) is 3.27. The lowest BCUT2D eigenvalue weighted by Crippen LogP contribution is -2.38. The molecule has 0 aliphatic carbocycles. The number of hydrogen-bond donors (Lipinski definition) is 0. The molecule has 0 radical (unpaired) electrons. The Kier molecular flexibility index (Phi) is 6.53. The molecule has 2 heterocycles. The van der Waals surface area contributed by atoms with Crippen LogP contribution in [0.3, 0.4) is 0 Å². The molecule has 1 fully saturated rings. The summed E-state index contributed by atoms with van der Waals surface area (Å²) in [5, 5.41) is 0.702. The normalized spacial score (nSPS) is 16.5. The Hall–Kier alpha value is -1.74. The van der Waals surface area contributed by atoms with Crippen molar-refractivity contribution in [3.05, 3.63) is 52.0 Å². The SMILES string of the molecule is CCSc1cc2c(cc1Cl)CN(C(=O)c1cc(S(C)(=O)=O)ccc1N1CCOCC1)C2. The van der Waals surface area contributed by atoms with E-state index >= 15 is 0 Å². The van der Waals surface area contributed by atoms with Gasteiger partial charge in [-0.05, 0) is 47.2 Å². The second kappa shape index (κ2) is 9.02. The second-order valence-electron chi connectivity index (χ2n) is 7.70. The molecule has 2 aliphatic heterocycles. The highest BCUT2D eigenvalue weighted by molar-refractivity contribution is 7.99. The van der Waals surface area contributed by atoms with Gasteiger partial charge in [0.2, 0.25) is 0 Å². The molecule has 31 heavy (non-hydrogen) atoms. The second-order valence-corrected chi connectivity index (χ2v) is 11.4. The number of fused-ring (bicyclic) bond motifs is 1. The first-order valence-electron chi connectivity index (χ1n) is 10.2. The molecule has 9 heteroatoms. The lowest BCUT2D eigenvalue weighted by Gasteiger charge is -2.31. The highest BCUT2D eigenvalue weighted by atomic mass is 35.5. The van der Waals surface area contributed by atoms with E-state index in [1.165, 1.54) is 6.07 Å². The van der Waals surface area contributed by atoms with E-state index in [4.69, 9.17) is 16.3 Å². The van der Waals surface area contributed by atoms with Crippen LogP contribution in [-0.4, -0.2) is 57.5 Å². The number of amides is 1. The third kappa shape index (κ3) is 4.72. The summed E-state index contributed by atoms with van der Waals surface area (Å²) in [4.78, 5) is 18.6. The number of ether oxygens (including phenoxy) is 1. The van der Waals surface area contributed by atoms with Crippen molar-refractivity contribution in [1.82, 2.24) is 4.90 Å². The number of sulfone groups is 1. The Bertz CT molecular complexity index is 1110. The van der Waals surface area contributed by atoms with E-state index < -0.39 is 9.84 Å². The van der Waals surface area contributed by atoms with E-state index in [-0.39, 0.29) is 10.8 Å². The molecule has 0 unspecified atom stereocenters. The summed E-state index contributed by atoms with van der Waals surface area (Å²) in [6.07, 6.45) is 1.16. The van der Waals surface area contributed by atoms with Gasteiger partial charge < -0.3 is 14.5 Å². The summed E-state index contributed by atoms with van der Waals surface area (Å²) < 4.78 is 29.7. The fraction of sp³-hybridized carbons (Fsp3) is 0.409. The fourth-order valence-electron chi connectivity index (χ4n) is 3.98. The van der Waals surface area contributed by atoms with Crippen molar-refractivity contribution >= 4 is 44.8 Å². The van der Waals surface area contributed by atoms with Crippen molar-refractivity contribution in [2.75, 3.05) is 43.2 Å². The molecule has 166 valence electrons. The standard InChI is InChI=1S/C22H25ClN2O4S2/c1-3-30-21-11-16-14-25(13-15(16)10-19(21)23)22(26)18-12-17(31(2,27)28)4-5-20(18)24-6-8-29-9-7-24/h4-5,10-12H,3,6-9,13-14H2,1-2H3. The molecular formula is C22H25ClN2O4S2. The van der Waals surface area contributed by atoms with Gasteiger partial charge in [0.15, 0.2) is 9.84 Å². The fourth-order valence-corrected chi connectivity index (χ4v) is 5.71. The molecule has 0 N–H and O–H groups in total. The number of carbonyl (C=O) groups excluding carboxylic acids is 1. The molecule has 0 bridgehead atoms. The molecule has 1 amide bonds. The molecule has 0 saturated carbocycles. The topological polar surface area (TPSA) is 66.9 Å². The third-order valence-corrected chi connectivity index (χ3v) is 8.01. The first-order chi connectivity index (χ1) is 14.8. The molecular weight excluding hydrogens is 456 g/mol. The van der Waals surface area contributed by atoms with Crippen molar-refractivity contribution in [1.29, 1.82) is 0 Å². The number of nitrogens with zero attached hydrogens (tertiary/aromatic N) is 2. The number of hydrogen-bond acceptors (Lipinski definition) is 6. The Morgan fingerprint density at radius 3 is 2.45 bits per heavy atom. The molecule has 2 aromatic rings. The van der Waals surface area contributed by atoms with E-state index in [0.29, 0.717) is 50.0 Å². The van der Waals surface area contributed by atoms with Crippen LogP contribution in [0.1, 0.15) is 28.4 Å². The van der Waals surface area contributed by atoms with E-state index in [0.717, 1.165) is 33.7 Å². The van der Waals surface area contributed by atoms with Crippen LogP contribution < -0.4 is 4.90 Å². The molecule has 1 saturated heterocycles. The Morgan fingerprint density at radius 2 is 1.81 bits per heavy atom. The van der Waals surface area contributed by atoms with Gasteiger partial charge in [-0.25, -0.2) is 8.42 Å². The summed E-state index contributed by atoms with van der Waals surface area (Å²) in [7, 11) is -3.44. The van der Waals surface area contributed by atoms with Gasteiger partial charge in [0, 0.05) is 43.0 Å². The maximum atomic E-state index is 13.6. The van der Waals surface area contributed by atoms with E-state index in [9.17, 15) is 13.2 Å². The van der Waals surface area contributed by atoms with Crippen LogP contribution in [0.15, 0.2) is 40.1 Å². The molecule has 0 aromatic heterocycles. The van der Waals surface area contributed by atoms with Gasteiger partial charge in [-0.15, -0.1) is 11.8 Å². The first-order valence-corrected chi connectivity index (χ1v) is 13.4. The van der Waals surface area contributed by atoms with Crippen molar-refractivity contribution in [2.45, 2.75) is 29.8 Å². The molecule has 2 aliphatic rings. The predicted octanol–water partition coefficient (Wildman–Crippen LogP) is 3.85. The third-order valence-electron chi connectivity index (χ3n) is 5.54. The summed E-state index contributed by atoms with van der Waals surface area (Å²) in [6, 6.07) is 8.83. The molecule has 6 nitrogen and oxygen atoms in total. The van der Waals surface area contributed by atoms with E-state index in [1.807, 2.05) is 6.07 Å². The Balaban J connectivity index is 1.68. The van der Waals surface area contributed by atoms with E-state index in [1.54, 1.807) is 28.8 Å². The summed E-state index contributed by atoms with van der Waals surface area (Å²) in [6.45, 7) is 5.48. The number of benzene rings is 2. The minimum Gasteiger partial charge on any atom is -0.378 e. The van der Waals surface area contributed by atoms with Gasteiger partial charge in [0.25, 0.3) is 5.91 Å². The Morgan fingerprint density at radius 1 is 1.13 bits per heavy atom. The van der Waals surface area contributed by atoms with Crippen LogP contribution >= 0.6 is 23.4 Å². The van der Waals surface area contributed by atoms with Crippen LogP contribution in [0.2, 0.25) is 5.02 Å². The zero-order valence-electron chi connectivity index (χ0n) is 17.6. The highest BCUT2D eigenvalue weighted by Crippen LogP contribution is 2.35. The van der Waals surface area contributed by atoms with Gasteiger partial charge in [-0.2, -0.15) is 0 Å². The average Bonchev–Trinajstić information content (AvgIpc) is 3.16. The van der Waals surface area contributed by atoms with E-state index in [2.05, 4.69) is 17.9 Å². The zero-order chi connectivity index (χ0) is 22.2. The smallest absolute Gasteiger partial charge is 0.256 e. The van der Waals surface area contributed by atoms with Crippen LogP contribution in [0.4, 0.5) is 5.69 Å². The minimum atomic E-state index is -3.44. The van der Waals surface area contributed by atoms with Crippen LogP contribution in [-0.2, 0) is 27.7 Å². The monoisotopic (exact) mass is 480 g/mol. The van der Waals surface area contributed by atoms with Crippen LogP contribution in [0.5, 0.6) is 0 Å². The van der Waals surface area contributed by atoms with Crippen molar-refractivity contribution in [2.24, 2.45) is 0 Å². The maximum absolute atomic E-state index is 13.6. The number of anilines is 1. The first kappa shape index (κ1) is 22.5. The molecule has 2 aromatic carbocycles. The van der Waals surface area contributed by atoms with Gasteiger partial charge in [0.05, 0.1) is 28.7 Å². The van der Waals surface area contributed by atoms with Gasteiger partial charge in [-0.3, -0.25) is 4.79 Å². The predicted molar refractivity (Wildman–Crippen MR) is 124 cm³/mol. The lowest BCUT2D eigenvalue weighted by atomic mass is 10.1. The van der Waals surface area contributed by atoms with Gasteiger partial charge >= 0.3 is 0 Å². The average molecular weight is 481 g/mol. The van der Waals surface area contributed by atoms with Gasteiger partial charge in [0.1, 0.15) is 0 Å². The number of halogens is 1. The Labute approximate surface area is 192 Å². The van der Waals surface area contributed by atoms with Crippen LogP contribution in [0.25, 0.3) is 0 Å². The minimum absolute atomic E-state index is 0.147. The van der Waals surface area contributed by atoms with Crippen molar-refractivity contribution in [3.63, 3.8) is 0 Å². The maximum Gasteiger partial charge on any atom is 0.256 e. The summed E-state index contributed by atoms with van der Waals surface area (Å²) in [5.74, 6) is 0.742. The number of carbonyl (C=O) groups is 1. The zero-order valence-corrected chi connectivity index (χ0v) is 19.9. The molecule has 4 rings (SSSR count). The number of rotatable bonds is 5. The van der Waals surface area contributed by atoms with Crippen LogP contribution in [0, 0.1) is 0 Å². The quantitative estimate of drug-likeness (QED) is 0.605. The molecule has 0 spiro atoms. The lowest BCUT2D eigenvalue weighted by molar-refractivity contribution is 0.0750.